The molecular formula is C13H9FN2O. The maximum atomic E-state index is 13.2. The number of nitrogens with one attached hydrogen (secondary N) is 2. The van der Waals surface area contributed by atoms with E-state index in [0.717, 1.165) is 5.69 Å². The largest absolute Gasteiger partial charge is 0.359 e. The highest BCUT2D eigenvalue weighted by atomic mass is 19.1. The van der Waals surface area contributed by atoms with Gasteiger partial charge in [-0.15, -0.1) is 0 Å². The molecule has 0 saturated carbocycles. The molecule has 0 unspecified atom stereocenters. The maximum Gasteiger partial charge on any atom is 0.211 e. The SMILES string of the molecule is O=C1C(=Cc2[nH]ccc2F)Nc2ccccc21. The number of halogens is 1. The lowest BCUT2D eigenvalue weighted by atomic mass is 10.1. The van der Waals surface area contributed by atoms with Gasteiger partial charge in [-0.3, -0.25) is 4.79 Å². The highest BCUT2D eigenvalue weighted by Gasteiger charge is 2.24. The summed E-state index contributed by atoms with van der Waals surface area (Å²) in [5.41, 5.74) is 2.06. The summed E-state index contributed by atoms with van der Waals surface area (Å²) in [5, 5.41) is 2.97. The van der Waals surface area contributed by atoms with Crippen molar-refractivity contribution in [1.82, 2.24) is 4.98 Å². The van der Waals surface area contributed by atoms with Gasteiger partial charge in [-0.2, -0.15) is 0 Å². The number of ketones is 1. The number of benzene rings is 1. The molecule has 1 aromatic carbocycles. The van der Waals surface area contributed by atoms with Crippen LogP contribution in [-0.4, -0.2) is 10.8 Å². The molecule has 1 aromatic heterocycles. The molecule has 0 fully saturated rings. The third-order valence-electron chi connectivity index (χ3n) is 2.70. The zero-order chi connectivity index (χ0) is 11.8. The van der Waals surface area contributed by atoms with Gasteiger partial charge in [0.1, 0.15) is 5.82 Å². The van der Waals surface area contributed by atoms with Gasteiger partial charge in [0.05, 0.1) is 11.4 Å². The number of aromatic amines is 1. The molecule has 17 heavy (non-hydrogen) atoms. The molecule has 0 spiro atoms. The summed E-state index contributed by atoms with van der Waals surface area (Å²) >= 11 is 0. The van der Waals surface area contributed by atoms with Gasteiger partial charge in [0.2, 0.25) is 5.78 Å². The van der Waals surface area contributed by atoms with Gasteiger partial charge in [-0.25, -0.2) is 4.39 Å². The minimum absolute atomic E-state index is 0.116. The Balaban J connectivity index is 2.02. The van der Waals surface area contributed by atoms with E-state index in [0.29, 0.717) is 17.0 Å². The normalized spacial score (nSPS) is 16.1. The fourth-order valence-electron chi connectivity index (χ4n) is 1.86. The van der Waals surface area contributed by atoms with Crippen molar-refractivity contribution in [2.24, 2.45) is 0 Å². The summed E-state index contributed by atoms with van der Waals surface area (Å²) in [5.74, 6) is -0.488. The highest BCUT2D eigenvalue weighted by Crippen LogP contribution is 2.28. The van der Waals surface area contributed by atoms with Gasteiger partial charge in [0.15, 0.2) is 0 Å². The highest BCUT2D eigenvalue weighted by molar-refractivity contribution is 6.20. The lowest BCUT2D eigenvalue weighted by Crippen LogP contribution is -2.00. The molecule has 3 nitrogen and oxygen atoms in total. The topological polar surface area (TPSA) is 44.9 Å². The Hall–Kier alpha value is -2.36. The molecular weight excluding hydrogens is 219 g/mol. The first kappa shape index (κ1) is 9.84. The van der Waals surface area contributed by atoms with Crippen molar-refractivity contribution in [3.05, 3.63) is 59.3 Å². The molecule has 2 aromatic rings. The number of allylic oxidation sites excluding steroid dienone is 1. The van der Waals surface area contributed by atoms with Crippen molar-refractivity contribution in [2.45, 2.75) is 0 Å². The van der Waals surface area contributed by atoms with Crippen LogP contribution in [0.3, 0.4) is 0 Å². The first-order valence-electron chi connectivity index (χ1n) is 5.21. The van der Waals surface area contributed by atoms with Crippen molar-refractivity contribution in [3.63, 3.8) is 0 Å². The van der Waals surface area contributed by atoms with Crippen LogP contribution in [0.4, 0.5) is 10.1 Å². The number of hydrogen-bond acceptors (Lipinski definition) is 2. The van der Waals surface area contributed by atoms with E-state index in [-0.39, 0.29) is 11.6 Å². The lowest BCUT2D eigenvalue weighted by Gasteiger charge is -1.97. The molecule has 2 N–H and O–H groups in total. The van der Waals surface area contributed by atoms with Gasteiger partial charge in [0.25, 0.3) is 0 Å². The van der Waals surface area contributed by atoms with Crippen molar-refractivity contribution >= 4 is 17.5 Å². The third kappa shape index (κ3) is 1.54. The second kappa shape index (κ2) is 3.59. The van der Waals surface area contributed by atoms with Crippen LogP contribution >= 0.6 is 0 Å². The third-order valence-corrected chi connectivity index (χ3v) is 2.70. The fourth-order valence-corrected chi connectivity index (χ4v) is 1.86. The van der Waals surface area contributed by atoms with E-state index in [1.807, 2.05) is 12.1 Å². The van der Waals surface area contributed by atoms with Gasteiger partial charge in [0, 0.05) is 17.4 Å². The van der Waals surface area contributed by atoms with Crippen LogP contribution in [-0.2, 0) is 0 Å². The van der Waals surface area contributed by atoms with E-state index in [4.69, 9.17) is 0 Å². The van der Waals surface area contributed by atoms with E-state index in [1.54, 1.807) is 12.1 Å². The Labute approximate surface area is 97.0 Å². The summed E-state index contributed by atoms with van der Waals surface area (Å²) in [6.07, 6.45) is 2.98. The molecule has 1 aliphatic heterocycles. The van der Waals surface area contributed by atoms with Crippen LogP contribution in [0.2, 0.25) is 0 Å². The predicted octanol–water partition coefficient (Wildman–Crippen LogP) is 2.80. The number of Topliss-reactive ketones (excluding diaryl/α,β-unsaturated/α-hetero) is 1. The average molecular weight is 228 g/mol. The molecule has 84 valence electrons. The Kier molecular flexibility index (Phi) is 2.08. The molecule has 3 rings (SSSR count). The molecule has 0 saturated heterocycles. The lowest BCUT2D eigenvalue weighted by molar-refractivity contribution is 0.104. The minimum atomic E-state index is -0.372. The second-order valence-corrected chi connectivity index (χ2v) is 3.80. The zero-order valence-corrected chi connectivity index (χ0v) is 8.83. The molecule has 0 bridgehead atoms. The Morgan fingerprint density at radius 3 is 2.71 bits per heavy atom. The number of para-hydroxylation sites is 1. The minimum Gasteiger partial charge on any atom is -0.359 e. The first-order valence-corrected chi connectivity index (χ1v) is 5.21. The zero-order valence-electron chi connectivity index (χ0n) is 8.83. The van der Waals surface area contributed by atoms with E-state index < -0.39 is 0 Å². The number of H-pyrrole nitrogens is 1. The molecule has 0 aliphatic carbocycles. The molecule has 2 heterocycles. The van der Waals surface area contributed by atoms with Crippen LogP contribution in [0.25, 0.3) is 6.08 Å². The molecule has 0 atom stereocenters. The summed E-state index contributed by atoms with van der Waals surface area (Å²) in [6, 6.07) is 8.53. The van der Waals surface area contributed by atoms with Gasteiger partial charge >= 0.3 is 0 Å². The summed E-state index contributed by atoms with van der Waals surface area (Å²) < 4.78 is 13.2. The summed E-state index contributed by atoms with van der Waals surface area (Å²) in [7, 11) is 0. The first-order chi connectivity index (χ1) is 8.25. The smallest absolute Gasteiger partial charge is 0.211 e. The van der Waals surface area contributed by atoms with E-state index >= 15 is 0 Å². The number of hydrogen-bond donors (Lipinski definition) is 2. The quantitative estimate of drug-likeness (QED) is 0.737. The van der Waals surface area contributed by atoms with Crippen molar-refractivity contribution in [1.29, 1.82) is 0 Å². The van der Waals surface area contributed by atoms with E-state index in [1.165, 1.54) is 18.3 Å². The maximum absolute atomic E-state index is 13.2. The molecule has 1 aliphatic rings. The van der Waals surface area contributed by atoms with E-state index in [9.17, 15) is 9.18 Å². The Morgan fingerprint density at radius 2 is 2.00 bits per heavy atom. The monoisotopic (exact) mass is 228 g/mol. The van der Waals surface area contributed by atoms with Crippen LogP contribution < -0.4 is 5.32 Å². The second-order valence-electron chi connectivity index (χ2n) is 3.80. The molecule has 0 radical (unpaired) electrons. The number of rotatable bonds is 1. The number of carbonyl (C=O) groups is 1. The van der Waals surface area contributed by atoms with Crippen molar-refractivity contribution < 1.29 is 9.18 Å². The Morgan fingerprint density at radius 1 is 1.18 bits per heavy atom. The van der Waals surface area contributed by atoms with Crippen LogP contribution in [0.15, 0.2) is 42.2 Å². The predicted molar refractivity (Wildman–Crippen MR) is 63.1 cm³/mol. The van der Waals surface area contributed by atoms with Gasteiger partial charge < -0.3 is 10.3 Å². The Bertz CT molecular complexity index is 628. The fraction of sp³-hybridized carbons (Fsp3) is 0. The average Bonchev–Trinajstić information content (AvgIpc) is 2.87. The summed E-state index contributed by atoms with van der Waals surface area (Å²) in [6.45, 7) is 0. The number of carbonyl (C=O) groups excluding carboxylic acids is 1. The standard InChI is InChI=1S/C13H9FN2O/c14-9-5-6-15-11(9)7-12-13(17)8-3-1-2-4-10(8)16-12/h1-7,15-16H. The summed E-state index contributed by atoms with van der Waals surface area (Å²) in [4.78, 5) is 14.7. The number of fused-ring (bicyclic) bond motifs is 1. The van der Waals surface area contributed by atoms with Crippen LogP contribution in [0.1, 0.15) is 16.1 Å². The van der Waals surface area contributed by atoms with Crippen molar-refractivity contribution in [3.8, 4) is 0 Å². The van der Waals surface area contributed by atoms with Crippen LogP contribution in [0, 0.1) is 5.82 Å². The molecule has 0 amide bonds. The number of anilines is 1. The van der Waals surface area contributed by atoms with Crippen molar-refractivity contribution in [2.75, 3.05) is 5.32 Å². The van der Waals surface area contributed by atoms with Gasteiger partial charge in [-0.1, -0.05) is 12.1 Å². The number of aromatic nitrogens is 1. The van der Waals surface area contributed by atoms with Gasteiger partial charge in [-0.05, 0) is 24.3 Å². The van der Waals surface area contributed by atoms with E-state index in [2.05, 4.69) is 10.3 Å². The van der Waals surface area contributed by atoms with Crippen LogP contribution in [0.5, 0.6) is 0 Å². The molecule has 4 heteroatoms.